The first kappa shape index (κ1) is 18.4. The highest BCUT2D eigenvalue weighted by Gasteiger charge is 2.18. The molecule has 3 aromatic rings. The van der Waals surface area contributed by atoms with Crippen molar-refractivity contribution < 1.29 is 18.7 Å². The minimum absolute atomic E-state index is 0.0270. The van der Waals surface area contributed by atoms with Crippen LogP contribution in [0.4, 0.5) is 4.39 Å². The first-order chi connectivity index (χ1) is 13.0. The molecule has 0 aliphatic carbocycles. The van der Waals surface area contributed by atoms with Crippen LogP contribution in [0.15, 0.2) is 48.5 Å². The van der Waals surface area contributed by atoms with Crippen LogP contribution >= 0.6 is 0 Å². The smallest absolute Gasteiger partial charge is 0.279 e. The number of fused-ring (bicyclic) bond motifs is 1. The molecule has 3 rings (SSSR count). The molecule has 27 heavy (non-hydrogen) atoms. The summed E-state index contributed by atoms with van der Waals surface area (Å²) in [6, 6.07) is 13.5. The molecule has 0 radical (unpaired) electrons. The van der Waals surface area contributed by atoms with Gasteiger partial charge in [-0.3, -0.25) is 20.4 Å². The lowest BCUT2D eigenvalue weighted by Crippen LogP contribution is -2.47. The summed E-state index contributed by atoms with van der Waals surface area (Å²) >= 11 is 0. The number of carbonyl (C=O) groups excluding carboxylic acids is 2. The maximum absolute atomic E-state index is 13.6. The van der Waals surface area contributed by atoms with Gasteiger partial charge in [0.1, 0.15) is 0 Å². The number of amides is 2. The topological polar surface area (TPSA) is 83.2 Å². The fourth-order valence-corrected chi connectivity index (χ4v) is 2.78. The quantitative estimate of drug-likeness (QED) is 0.605. The van der Waals surface area contributed by atoms with Crippen molar-refractivity contribution in [2.45, 2.75) is 26.4 Å². The predicted molar refractivity (Wildman–Crippen MR) is 99.5 cm³/mol. The van der Waals surface area contributed by atoms with Gasteiger partial charge in [0.05, 0.1) is 6.42 Å². The van der Waals surface area contributed by atoms with Crippen LogP contribution in [0.5, 0.6) is 5.75 Å². The Kier molecular flexibility index (Phi) is 5.40. The number of halogens is 1. The van der Waals surface area contributed by atoms with Gasteiger partial charge in [0.2, 0.25) is 5.91 Å². The van der Waals surface area contributed by atoms with Crippen molar-refractivity contribution in [2.75, 3.05) is 0 Å². The van der Waals surface area contributed by atoms with Crippen molar-refractivity contribution in [1.82, 2.24) is 15.8 Å². The molecule has 7 heteroatoms. The second-order valence-electron chi connectivity index (χ2n) is 6.18. The molecule has 0 spiro atoms. The number of hydrogen-bond donors (Lipinski definition) is 3. The Morgan fingerprint density at radius 1 is 1.11 bits per heavy atom. The number of para-hydroxylation sites is 2. The number of benzene rings is 2. The number of carbonyl (C=O) groups is 2. The number of hydrogen-bond acceptors (Lipinski definition) is 3. The van der Waals surface area contributed by atoms with E-state index < -0.39 is 17.8 Å². The lowest BCUT2D eigenvalue weighted by molar-refractivity contribution is -0.132. The van der Waals surface area contributed by atoms with Crippen molar-refractivity contribution in [1.29, 1.82) is 0 Å². The highest BCUT2D eigenvalue weighted by molar-refractivity contribution is 5.91. The van der Waals surface area contributed by atoms with E-state index in [1.165, 1.54) is 25.1 Å². The maximum atomic E-state index is 13.6. The molecule has 2 aromatic carbocycles. The maximum Gasteiger partial charge on any atom is 0.279 e. The molecule has 0 bridgehead atoms. The van der Waals surface area contributed by atoms with Crippen LogP contribution in [0.3, 0.4) is 0 Å². The van der Waals surface area contributed by atoms with Gasteiger partial charge < -0.3 is 9.72 Å². The van der Waals surface area contributed by atoms with E-state index in [-0.39, 0.29) is 18.1 Å². The summed E-state index contributed by atoms with van der Waals surface area (Å²) in [5.74, 6) is -1.53. The van der Waals surface area contributed by atoms with Crippen LogP contribution in [0.25, 0.3) is 10.9 Å². The summed E-state index contributed by atoms with van der Waals surface area (Å²) in [5, 5.41) is 0.965. The van der Waals surface area contributed by atoms with E-state index in [1.807, 2.05) is 31.2 Å². The van der Waals surface area contributed by atoms with E-state index in [9.17, 15) is 14.0 Å². The standard InChI is InChI=1S/C20H20FN3O3/c1-12-15(14-7-3-5-9-17(14)22-12)11-19(25)23-24-20(26)13(2)27-18-10-6-4-8-16(18)21/h3-10,13,22H,11H2,1-2H3,(H,23,25)(H,24,26). The predicted octanol–water partition coefficient (Wildman–Crippen LogP) is 2.77. The summed E-state index contributed by atoms with van der Waals surface area (Å²) in [7, 11) is 0. The van der Waals surface area contributed by atoms with Gasteiger partial charge in [0, 0.05) is 16.6 Å². The summed E-state index contributed by atoms with van der Waals surface area (Å²) in [5.41, 5.74) is 7.39. The van der Waals surface area contributed by atoms with Crippen LogP contribution in [0.1, 0.15) is 18.2 Å². The minimum atomic E-state index is -0.975. The second-order valence-corrected chi connectivity index (χ2v) is 6.18. The monoisotopic (exact) mass is 369 g/mol. The Morgan fingerprint density at radius 3 is 2.59 bits per heavy atom. The van der Waals surface area contributed by atoms with E-state index in [2.05, 4.69) is 15.8 Å². The number of H-pyrrole nitrogens is 1. The molecule has 1 atom stereocenters. The third-order valence-corrected chi connectivity index (χ3v) is 4.20. The van der Waals surface area contributed by atoms with Gasteiger partial charge in [-0.1, -0.05) is 30.3 Å². The molecule has 1 heterocycles. The molecule has 1 unspecified atom stereocenters. The zero-order valence-corrected chi connectivity index (χ0v) is 15.0. The van der Waals surface area contributed by atoms with Gasteiger partial charge >= 0.3 is 0 Å². The molecule has 2 amide bonds. The van der Waals surface area contributed by atoms with Crippen LogP contribution in [-0.4, -0.2) is 22.9 Å². The average molecular weight is 369 g/mol. The van der Waals surface area contributed by atoms with E-state index in [1.54, 1.807) is 6.07 Å². The fourth-order valence-electron chi connectivity index (χ4n) is 2.78. The van der Waals surface area contributed by atoms with Gasteiger partial charge in [0.15, 0.2) is 17.7 Å². The summed E-state index contributed by atoms with van der Waals surface area (Å²) in [6.45, 7) is 3.36. The lowest BCUT2D eigenvalue weighted by Gasteiger charge is -2.15. The molecule has 0 fully saturated rings. The van der Waals surface area contributed by atoms with Gasteiger partial charge in [-0.2, -0.15) is 0 Å². The van der Waals surface area contributed by atoms with E-state index in [4.69, 9.17) is 4.74 Å². The van der Waals surface area contributed by atoms with Crippen molar-refractivity contribution in [2.24, 2.45) is 0 Å². The van der Waals surface area contributed by atoms with Crippen LogP contribution < -0.4 is 15.6 Å². The molecular formula is C20H20FN3O3. The molecule has 1 aromatic heterocycles. The summed E-state index contributed by atoms with van der Waals surface area (Å²) in [4.78, 5) is 27.5. The van der Waals surface area contributed by atoms with Crippen molar-refractivity contribution in [3.8, 4) is 5.75 Å². The molecular weight excluding hydrogens is 349 g/mol. The number of aryl methyl sites for hydroxylation is 1. The summed E-state index contributed by atoms with van der Waals surface area (Å²) < 4.78 is 18.9. The minimum Gasteiger partial charge on any atom is -0.478 e. The lowest BCUT2D eigenvalue weighted by atomic mass is 10.1. The zero-order chi connectivity index (χ0) is 19.4. The largest absolute Gasteiger partial charge is 0.478 e. The molecule has 3 N–H and O–H groups in total. The number of aromatic amines is 1. The van der Waals surface area contributed by atoms with E-state index in [0.29, 0.717) is 0 Å². The molecule has 0 aliphatic rings. The number of rotatable bonds is 5. The Morgan fingerprint density at radius 2 is 1.81 bits per heavy atom. The third kappa shape index (κ3) is 4.25. The normalized spacial score (nSPS) is 11.8. The molecule has 140 valence electrons. The average Bonchev–Trinajstić information content (AvgIpc) is 2.97. The highest BCUT2D eigenvalue weighted by Crippen LogP contribution is 2.22. The van der Waals surface area contributed by atoms with Crippen molar-refractivity contribution >= 4 is 22.7 Å². The van der Waals surface area contributed by atoms with Gasteiger partial charge in [0.25, 0.3) is 5.91 Å². The molecule has 0 aliphatic heterocycles. The van der Waals surface area contributed by atoms with E-state index >= 15 is 0 Å². The molecule has 0 saturated heterocycles. The highest BCUT2D eigenvalue weighted by atomic mass is 19.1. The Hall–Kier alpha value is -3.35. The van der Waals surface area contributed by atoms with Gasteiger partial charge in [-0.05, 0) is 37.6 Å². The van der Waals surface area contributed by atoms with Crippen molar-refractivity contribution in [3.05, 3.63) is 65.6 Å². The first-order valence-corrected chi connectivity index (χ1v) is 8.51. The van der Waals surface area contributed by atoms with Gasteiger partial charge in [-0.25, -0.2) is 4.39 Å². The Bertz CT molecular complexity index is 984. The first-order valence-electron chi connectivity index (χ1n) is 8.51. The second kappa shape index (κ2) is 7.90. The number of ether oxygens (including phenoxy) is 1. The number of hydrazine groups is 1. The Labute approximate surface area is 155 Å². The van der Waals surface area contributed by atoms with Crippen LogP contribution in [0, 0.1) is 12.7 Å². The number of nitrogens with one attached hydrogen (secondary N) is 3. The van der Waals surface area contributed by atoms with Gasteiger partial charge in [-0.15, -0.1) is 0 Å². The molecule has 6 nitrogen and oxygen atoms in total. The van der Waals surface area contributed by atoms with Crippen molar-refractivity contribution in [3.63, 3.8) is 0 Å². The van der Waals surface area contributed by atoms with Crippen LogP contribution in [0.2, 0.25) is 0 Å². The molecule has 0 saturated carbocycles. The van der Waals surface area contributed by atoms with Crippen LogP contribution in [-0.2, 0) is 16.0 Å². The summed E-state index contributed by atoms with van der Waals surface area (Å²) in [6.07, 6.45) is -0.865. The SMILES string of the molecule is Cc1[nH]c2ccccc2c1CC(=O)NNC(=O)C(C)Oc1ccccc1F. The zero-order valence-electron chi connectivity index (χ0n) is 15.0. The Balaban J connectivity index is 1.56. The third-order valence-electron chi connectivity index (χ3n) is 4.20. The van der Waals surface area contributed by atoms with E-state index in [0.717, 1.165) is 22.2 Å². The fraction of sp³-hybridized carbons (Fsp3) is 0.200. The number of aromatic nitrogens is 1.